The van der Waals surface area contributed by atoms with Crippen molar-refractivity contribution in [1.29, 1.82) is 0 Å². The number of hydrogen-bond acceptors (Lipinski definition) is 4. The lowest BCUT2D eigenvalue weighted by Crippen LogP contribution is -2.33. The molecule has 6 nitrogen and oxygen atoms in total. The molecule has 3 unspecified atom stereocenters. The Morgan fingerprint density at radius 2 is 1.80 bits per heavy atom. The molecule has 2 N–H and O–H groups in total. The first kappa shape index (κ1) is 18.4. The van der Waals surface area contributed by atoms with E-state index in [2.05, 4.69) is 0 Å². The van der Waals surface area contributed by atoms with Crippen molar-refractivity contribution in [1.82, 2.24) is 9.21 Å². The van der Waals surface area contributed by atoms with Crippen LogP contribution in [-0.2, 0) is 10.0 Å². The smallest absolute Gasteiger partial charge is 0.253 e. The summed E-state index contributed by atoms with van der Waals surface area (Å²) < 4.78 is 27.3. The number of carbonyl (C=O) groups is 1. The zero-order chi connectivity index (χ0) is 18.2. The van der Waals surface area contributed by atoms with Crippen molar-refractivity contribution in [2.75, 3.05) is 26.2 Å². The third-order valence-electron chi connectivity index (χ3n) is 5.67. The second kappa shape index (κ2) is 7.05. The van der Waals surface area contributed by atoms with Gasteiger partial charge in [-0.05, 0) is 62.8 Å². The molecule has 2 fully saturated rings. The van der Waals surface area contributed by atoms with Gasteiger partial charge in [0.1, 0.15) is 0 Å². The number of benzene rings is 1. The van der Waals surface area contributed by atoms with Crippen molar-refractivity contribution < 1.29 is 13.2 Å². The maximum atomic E-state index is 12.9. The molecule has 1 amide bonds. The number of hydrogen-bond donors (Lipinski definition) is 1. The zero-order valence-electron chi connectivity index (χ0n) is 14.9. The van der Waals surface area contributed by atoms with E-state index in [-0.39, 0.29) is 22.8 Å². The molecule has 0 radical (unpaired) electrons. The van der Waals surface area contributed by atoms with Crippen LogP contribution in [0.3, 0.4) is 0 Å². The summed E-state index contributed by atoms with van der Waals surface area (Å²) in [7, 11) is -3.53. The van der Waals surface area contributed by atoms with Gasteiger partial charge in [0.2, 0.25) is 10.0 Å². The zero-order valence-corrected chi connectivity index (χ0v) is 15.7. The first-order valence-corrected chi connectivity index (χ1v) is 10.5. The highest BCUT2D eigenvalue weighted by Crippen LogP contribution is 2.39. The predicted octanol–water partition coefficient (Wildman–Crippen LogP) is 1.53. The molecule has 1 aliphatic heterocycles. The number of amides is 1. The molecule has 0 bridgehead atoms. The molecule has 138 valence electrons. The summed E-state index contributed by atoms with van der Waals surface area (Å²) >= 11 is 0. The Balaban J connectivity index is 1.76. The summed E-state index contributed by atoms with van der Waals surface area (Å²) in [6.07, 6.45) is 2.00. The molecule has 1 aliphatic carbocycles. The van der Waals surface area contributed by atoms with Gasteiger partial charge >= 0.3 is 0 Å². The van der Waals surface area contributed by atoms with E-state index in [9.17, 15) is 13.2 Å². The van der Waals surface area contributed by atoms with Crippen molar-refractivity contribution in [2.24, 2.45) is 17.6 Å². The molecule has 1 saturated carbocycles. The van der Waals surface area contributed by atoms with Crippen molar-refractivity contribution in [3.63, 3.8) is 0 Å². The minimum absolute atomic E-state index is 0.0735. The summed E-state index contributed by atoms with van der Waals surface area (Å²) in [6, 6.07) is 6.41. The fourth-order valence-corrected chi connectivity index (χ4v) is 5.61. The average molecular weight is 365 g/mol. The Labute approximate surface area is 150 Å². The summed E-state index contributed by atoms with van der Waals surface area (Å²) in [5, 5.41) is 0. The van der Waals surface area contributed by atoms with E-state index >= 15 is 0 Å². The summed E-state index contributed by atoms with van der Waals surface area (Å²) in [5.74, 6) is 0.585. The molecule has 3 atom stereocenters. The lowest BCUT2D eigenvalue weighted by molar-refractivity contribution is 0.0773. The number of fused-ring (bicyclic) bond motifs is 1. The van der Waals surface area contributed by atoms with Crippen molar-refractivity contribution in [3.8, 4) is 0 Å². The number of nitrogens with zero attached hydrogens (tertiary/aromatic N) is 2. The lowest BCUT2D eigenvalue weighted by atomic mass is 9.98. The summed E-state index contributed by atoms with van der Waals surface area (Å²) in [4.78, 5) is 14.3. The van der Waals surface area contributed by atoms with Gasteiger partial charge in [-0.2, -0.15) is 4.31 Å². The van der Waals surface area contributed by atoms with Gasteiger partial charge in [0.25, 0.3) is 5.91 Å². The first-order chi connectivity index (χ1) is 11.9. The SMILES string of the molecule is CCN(CC)C(=O)c1ccc(S(=O)(=O)N2CC3CCC(N)C3C2)cc1. The molecule has 25 heavy (non-hydrogen) atoms. The highest BCUT2D eigenvalue weighted by molar-refractivity contribution is 7.89. The molecule has 1 aromatic carbocycles. The molecule has 0 aromatic heterocycles. The lowest BCUT2D eigenvalue weighted by Gasteiger charge is -2.20. The van der Waals surface area contributed by atoms with E-state index in [0.29, 0.717) is 37.7 Å². The number of rotatable bonds is 5. The Morgan fingerprint density at radius 3 is 2.36 bits per heavy atom. The molecule has 0 spiro atoms. The van der Waals surface area contributed by atoms with E-state index in [1.165, 1.54) is 0 Å². The quantitative estimate of drug-likeness (QED) is 0.858. The third kappa shape index (κ3) is 3.32. The monoisotopic (exact) mass is 365 g/mol. The molecule has 3 rings (SSSR count). The van der Waals surface area contributed by atoms with Crippen LogP contribution in [0.1, 0.15) is 37.0 Å². The maximum Gasteiger partial charge on any atom is 0.253 e. The van der Waals surface area contributed by atoms with Gasteiger partial charge in [0.05, 0.1) is 4.90 Å². The second-order valence-corrected chi connectivity index (χ2v) is 8.93. The maximum absolute atomic E-state index is 12.9. The van der Waals surface area contributed by atoms with Crippen molar-refractivity contribution >= 4 is 15.9 Å². The number of carbonyl (C=O) groups excluding carboxylic acids is 1. The van der Waals surface area contributed by atoms with Gasteiger partial charge in [0.15, 0.2) is 0 Å². The van der Waals surface area contributed by atoms with Crippen LogP contribution in [0.25, 0.3) is 0 Å². The van der Waals surface area contributed by atoms with Gasteiger partial charge in [-0.25, -0.2) is 8.42 Å². The van der Waals surface area contributed by atoms with Gasteiger partial charge in [-0.1, -0.05) is 0 Å². The Kier molecular flexibility index (Phi) is 5.18. The molecular formula is C18H27N3O3S. The minimum Gasteiger partial charge on any atom is -0.339 e. The van der Waals surface area contributed by atoms with Crippen LogP contribution in [-0.4, -0.2) is 55.8 Å². The first-order valence-electron chi connectivity index (χ1n) is 9.03. The Hall–Kier alpha value is -1.44. The normalized spacial score (nSPS) is 26.6. The third-order valence-corrected chi connectivity index (χ3v) is 7.51. The van der Waals surface area contributed by atoms with Crippen LogP contribution in [0.5, 0.6) is 0 Å². The van der Waals surface area contributed by atoms with Gasteiger partial charge in [-0.15, -0.1) is 0 Å². The molecule has 7 heteroatoms. The summed E-state index contributed by atoms with van der Waals surface area (Å²) in [5.41, 5.74) is 6.62. The van der Waals surface area contributed by atoms with E-state index in [1.807, 2.05) is 13.8 Å². The van der Waals surface area contributed by atoms with Gasteiger partial charge in [0, 0.05) is 37.8 Å². The topological polar surface area (TPSA) is 83.7 Å². The standard InChI is InChI=1S/C18H27N3O3S/c1-3-20(4-2)18(22)13-5-8-15(9-6-13)25(23,24)21-11-14-7-10-17(19)16(14)12-21/h5-6,8-9,14,16-17H,3-4,7,10-12,19H2,1-2H3. The largest absolute Gasteiger partial charge is 0.339 e. The Morgan fingerprint density at radius 1 is 1.16 bits per heavy atom. The highest BCUT2D eigenvalue weighted by atomic mass is 32.2. The molecule has 1 saturated heterocycles. The number of nitrogens with two attached hydrogens (primary N) is 1. The second-order valence-electron chi connectivity index (χ2n) is 6.99. The molecule has 2 aliphatic rings. The number of sulfonamides is 1. The molecule has 1 heterocycles. The highest BCUT2D eigenvalue weighted by Gasteiger charge is 2.45. The summed E-state index contributed by atoms with van der Waals surface area (Å²) in [6.45, 7) is 6.18. The fourth-order valence-electron chi connectivity index (χ4n) is 4.07. The van der Waals surface area contributed by atoms with E-state index < -0.39 is 10.0 Å². The fraction of sp³-hybridized carbons (Fsp3) is 0.611. The predicted molar refractivity (Wildman–Crippen MR) is 96.6 cm³/mol. The van der Waals surface area contributed by atoms with Crippen LogP contribution in [0.15, 0.2) is 29.2 Å². The molecule has 1 aromatic rings. The van der Waals surface area contributed by atoms with E-state index in [0.717, 1.165) is 12.8 Å². The van der Waals surface area contributed by atoms with E-state index in [1.54, 1.807) is 33.5 Å². The molecular weight excluding hydrogens is 338 g/mol. The van der Waals surface area contributed by atoms with Gasteiger partial charge < -0.3 is 10.6 Å². The van der Waals surface area contributed by atoms with Crippen LogP contribution in [0, 0.1) is 11.8 Å². The minimum atomic E-state index is -3.53. The Bertz CT molecular complexity index is 728. The van der Waals surface area contributed by atoms with Crippen LogP contribution in [0.4, 0.5) is 0 Å². The van der Waals surface area contributed by atoms with Gasteiger partial charge in [-0.3, -0.25) is 4.79 Å². The average Bonchev–Trinajstić information content (AvgIpc) is 3.19. The van der Waals surface area contributed by atoms with Crippen LogP contribution < -0.4 is 5.73 Å². The van der Waals surface area contributed by atoms with Crippen molar-refractivity contribution in [2.45, 2.75) is 37.6 Å². The van der Waals surface area contributed by atoms with Crippen LogP contribution >= 0.6 is 0 Å². The van der Waals surface area contributed by atoms with E-state index in [4.69, 9.17) is 5.73 Å². The van der Waals surface area contributed by atoms with Crippen molar-refractivity contribution in [3.05, 3.63) is 29.8 Å². The van der Waals surface area contributed by atoms with Crippen LogP contribution in [0.2, 0.25) is 0 Å².